The minimum absolute atomic E-state index is 0.0879. The first kappa shape index (κ1) is 35.1. The number of benzene rings is 1. The van der Waals surface area contributed by atoms with Gasteiger partial charge in [-0.05, 0) is 56.6 Å². The Balaban J connectivity index is 1.67. The fraction of sp³-hybridized carbons (Fsp3) is 0.500. The van der Waals surface area contributed by atoms with Crippen LogP contribution in [0.5, 0.6) is 5.88 Å². The smallest absolute Gasteiger partial charge is 0.416 e. The van der Waals surface area contributed by atoms with E-state index in [2.05, 4.69) is 14.9 Å². The number of amides is 1. The molecule has 0 bridgehead atoms. The fourth-order valence-corrected chi connectivity index (χ4v) is 6.12. The molecule has 2 atom stereocenters. The number of fused-ring (bicyclic) bond motifs is 1. The average Bonchev–Trinajstić information content (AvgIpc) is 3.03. The molecule has 0 saturated carbocycles. The summed E-state index contributed by atoms with van der Waals surface area (Å²) in [5, 5.41) is 0. The standard InChI is InChI=1S/C32H37F6N7O3/c1-5-30(39)17-22(27-24(7-8-26(42-27)47-4)45(30)29(46)48-6-2)28-40-18-25(44-11-9-43(3)10-12-44)23(41-28)15-19-13-20(31(33,34)35)16-21(14-19)32(36,37)38/h7-8,13-14,16,18,22H,5-6,9-12,15,17,39H2,1-4H3/t22-,30+/m0/s1. The maximum atomic E-state index is 13.8. The zero-order chi connectivity index (χ0) is 35.0. The zero-order valence-corrected chi connectivity index (χ0v) is 27.0. The lowest BCUT2D eigenvalue weighted by Gasteiger charge is -2.46. The van der Waals surface area contributed by atoms with Crippen LogP contribution in [0, 0.1) is 0 Å². The molecule has 2 N–H and O–H groups in total. The molecule has 0 aliphatic carbocycles. The van der Waals surface area contributed by atoms with Gasteiger partial charge in [0.15, 0.2) is 0 Å². The van der Waals surface area contributed by atoms with Crippen molar-refractivity contribution in [1.29, 1.82) is 0 Å². The number of halogens is 6. The van der Waals surface area contributed by atoms with Crippen LogP contribution in [0.1, 0.15) is 66.5 Å². The van der Waals surface area contributed by atoms with Crippen LogP contribution in [0.15, 0.2) is 36.5 Å². The van der Waals surface area contributed by atoms with E-state index in [1.54, 1.807) is 32.2 Å². The van der Waals surface area contributed by atoms with Gasteiger partial charge in [-0.1, -0.05) is 6.92 Å². The van der Waals surface area contributed by atoms with Gasteiger partial charge in [-0.25, -0.2) is 19.7 Å². The fourth-order valence-electron chi connectivity index (χ4n) is 6.12. The summed E-state index contributed by atoms with van der Waals surface area (Å²) >= 11 is 0. The number of anilines is 2. The van der Waals surface area contributed by atoms with Gasteiger partial charge in [0.05, 0.1) is 59.7 Å². The van der Waals surface area contributed by atoms with Crippen molar-refractivity contribution in [2.75, 3.05) is 56.7 Å². The van der Waals surface area contributed by atoms with Crippen LogP contribution in [0.4, 0.5) is 42.5 Å². The minimum Gasteiger partial charge on any atom is -0.481 e. The van der Waals surface area contributed by atoms with Crippen molar-refractivity contribution in [1.82, 2.24) is 19.9 Å². The van der Waals surface area contributed by atoms with E-state index < -0.39 is 41.2 Å². The summed E-state index contributed by atoms with van der Waals surface area (Å²) in [5.41, 5.74) is 4.00. The lowest BCUT2D eigenvalue weighted by atomic mass is 9.83. The van der Waals surface area contributed by atoms with E-state index in [1.165, 1.54) is 12.0 Å². The summed E-state index contributed by atoms with van der Waals surface area (Å²) in [4.78, 5) is 32.7. The molecule has 16 heteroatoms. The second-order valence-corrected chi connectivity index (χ2v) is 11.9. The first-order valence-electron chi connectivity index (χ1n) is 15.5. The number of alkyl halides is 6. The van der Waals surface area contributed by atoms with Crippen LogP contribution in [-0.2, 0) is 23.5 Å². The lowest BCUT2D eigenvalue weighted by Crippen LogP contribution is -2.61. The zero-order valence-electron chi connectivity index (χ0n) is 27.0. The highest BCUT2D eigenvalue weighted by Crippen LogP contribution is 2.46. The predicted molar refractivity (Wildman–Crippen MR) is 165 cm³/mol. The van der Waals surface area contributed by atoms with E-state index >= 15 is 0 Å². The molecule has 0 unspecified atom stereocenters. The molecular weight excluding hydrogens is 644 g/mol. The Bertz CT molecular complexity index is 1610. The number of hydrogen-bond donors (Lipinski definition) is 1. The van der Waals surface area contributed by atoms with Gasteiger partial charge in [0, 0.05) is 38.7 Å². The summed E-state index contributed by atoms with van der Waals surface area (Å²) in [6.07, 6.45) is -9.09. The van der Waals surface area contributed by atoms with Gasteiger partial charge in [0.2, 0.25) is 5.88 Å². The van der Waals surface area contributed by atoms with Crippen LogP contribution in [-0.4, -0.2) is 78.6 Å². The number of hydrogen-bond acceptors (Lipinski definition) is 9. The molecule has 0 radical (unpaired) electrons. The Morgan fingerprint density at radius 3 is 2.19 bits per heavy atom. The van der Waals surface area contributed by atoms with E-state index in [0.29, 0.717) is 61.8 Å². The molecule has 1 fully saturated rings. The quantitative estimate of drug-likeness (QED) is 0.309. The highest BCUT2D eigenvalue weighted by Gasteiger charge is 2.47. The molecule has 4 heterocycles. The second-order valence-electron chi connectivity index (χ2n) is 11.9. The van der Waals surface area contributed by atoms with Crippen molar-refractivity contribution >= 4 is 17.5 Å². The van der Waals surface area contributed by atoms with Gasteiger partial charge in [-0.3, -0.25) is 4.90 Å². The van der Waals surface area contributed by atoms with Crippen molar-refractivity contribution in [2.45, 2.75) is 57.0 Å². The van der Waals surface area contributed by atoms with E-state index in [4.69, 9.17) is 20.2 Å². The van der Waals surface area contributed by atoms with Gasteiger partial charge >= 0.3 is 18.4 Å². The Kier molecular flexibility index (Phi) is 9.79. The molecule has 5 rings (SSSR count). The molecule has 260 valence electrons. The number of carbonyl (C=O) groups excluding carboxylic acids is 1. The van der Waals surface area contributed by atoms with E-state index in [1.807, 2.05) is 11.9 Å². The van der Waals surface area contributed by atoms with Gasteiger partial charge in [-0.15, -0.1) is 0 Å². The highest BCUT2D eigenvalue weighted by molar-refractivity contribution is 5.91. The summed E-state index contributed by atoms with van der Waals surface area (Å²) in [6.45, 7) is 6.02. The number of aromatic nitrogens is 3. The highest BCUT2D eigenvalue weighted by atomic mass is 19.4. The van der Waals surface area contributed by atoms with Crippen LogP contribution in [0.2, 0.25) is 0 Å². The van der Waals surface area contributed by atoms with Crippen molar-refractivity contribution in [2.24, 2.45) is 5.73 Å². The minimum atomic E-state index is -5.00. The molecule has 0 spiro atoms. The number of piperazine rings is 1. The number of pyridine rings is 1. The topological polar surface area (TPSA) is 110 Å². The molecule has 3 aromatic rings. The summed E-state index contributed by atoms with van der Waals surface area (Å²) in [6, 6.07) is 4.73. The summed E-state index contributed by atoms with van der Waals surface area (Å²) < 4.78 is 93.3. The van der Waals surface area contributed by atoms with Crippen molar-refractivity contribution in [3.8, 4) is 5.88 Å². The van der Waals surface area contributed by atoms with Gasteiger partial charge < -0.3 is 25.0 Å². The third-order valence-electron chi connectivity index (χ3n) is 8.76. The molecular formula is C32H37F6N7O3. The van der Waals surface area contributed by atoms with E-state index in [-0.39, 0.29) is 48.5 Å². The molecule has 1 aromatic carbocycles. The number of carbonyl (C=O) groups is 1. The Hall–Kier alpha value is -4.18. The summed E-state index contributed by atoms with van der Waals surface area (Å²) in [7, 11) is 3.38. The van der Waals surface area contributed by atoms with Crippen LogP contribution < -0.4 is 20.3 Å². The number of rotatable bonds is 7. The number of likely N-dealkylation sites (N-methyl/N-ethyl adjacent to an activating group) is 1. The lowest BCUT2D eigenvalue weighted by molar-refractivity contribution is -0.143. The van der Waals surface area contributed by atoms with E-state index in [0.717, 1.165) is 0 Å². The second kappa shape index (κ2) is 13.4. The van der Waals surface area contributed by atoms with Crippen molar-refractivity contribution < 1.29 is 40.6 Å². The molecule has 2 aliphatic heterocycles. The van der Waals surface area contributed by atoms with E-state index in [9.17, 15) is 31.1 Å². The monoisotopic (exact) mass is 681 g/mol. The molecule has 2 aromatic heterocycles. The SMILES string of the molecule is CCOC(=O)N1c2ccc(OC)nc2[C@@H](c2ncc(N3CCN(C)CC3)c(Cc3cc(C(F)(F)F)cc(C(F)(F)F)c3)n2)C[C@@]1(N)CC. The maximum absolute atomic E-state index is 13.8. The van der Waals surface area contributed by atoms with Crippen molar-refractivity contribution in [3.05, 3.63) is 70.4 Å². The number of methoxy groups -OCH3 is 1. The third-order valence-corrected chi connectivity index (χ3v) is 8.76. The van der Waals surface area contributed by atoms with Gasteiger partial charge in [-0.2, -0.15) is 26.3 Å². The molecule has 48 heavy (non-hydrogen) atoms. The average molecular weight is 682 g/mol. The Morgan fingerprint density at radius 2 is 1.62 bits per heavy atom. The van der Waals surface area contributed by atoms with Crippen LogP contribution in [0.25, 0.3) is 0 Å². The van der Waals surface area contributed by atoms with Crippen molar-refractivity contribution in [3.63, 3.8) is 0 Å². The van der Waals surface area contributed by atoms with Gasteiger partial charge in [0.1, 0.15) is 11.5 Å². The van der Waals surface area contributed by atoms with Crippen LogP contribution >= 0.6 is 0 Å². The summed E-state index contributed by atoms with van der Waals surface area (Å²) in [5.74, 6) is -0.292. The normalized spacial score (nSPS) is 20.4. The third kappa shape index (κ3) is 7.14. The first-order chi connectivity index (χ1) is 22.6. The first-order valence-corrected chi connectivity index (χ1v) is 15.5. The number of nitrogens with two attached hydrogens (primary N) is 1. The molecule has 10 nitrogen and oxygen atoms in total. The molecule has 1 saturated heterocycles. The predicted octanol–water partition coefficient (Wildman–Crippen LogP) is 5.82. The Labute approximate surface area is 273 Å². The number of nitrogens with zero attached hydrogens (tertiary/aromatic N) is 6. The van der Waals surface area contributed by atoms with Crippen LogP contribution in [0.3, 0.4) is 0 Å². The number of ether oxygens (including phenoxy) is 2. The largest absolute Gasteiger partial charge is 0.481 e. The maximum Gasteiger partial charge on any atom is 0.416 e. The van der Waals surface area contributed by atoms with Gasteiger partial charge in [0.25, 0.3) is 0 Å². The molecule has 2 aliphatic rings. The molecule has 1 amide bonds. The Morgan fingerprint density at radius 1 is 0.979 bits per heavy atom.